The molecule has 0 bridgehead atoms. The van der Waals surface area contributed by atoms with Crippen LogP contribution in [0.3, 0.4) is 0 Å². The van der Waals surface area contributed by atoms with Gasteiger partial charge in [0.15, 0.2) is 0 Å². The molecule has 17 heavy (non-hydrogen) atoms. The van der Waals surface area contributed by atoms with Crippen molar-refractivity contribution >= 4 is 11.8 Å². The van der Waals surface area contributed by atoms with Crippen molar-refractivity contribution in [3.8, 4) is 0 Å². The zero-order chi connectivity index (χ0) is 12.9. The van der Waals surface area contributed by atoms with E-state index in [9.17, 15) is 5.11 Å². The van der Waals surface area contributed by atoms with Crippen molar-refractivity contribution in [3.63, 3.8) is 0 Å². The summed E-state index contributed by atoms with van der Waals surface area (Å²) in [6, 6.07) is 0. The molecule has 0 saturated heterocycles. The van der Waals surface area contributed by atoms with Gasteiger partial charge >= 0.3 is 0 Å². The maximum atomic E-state index is 9.62. The van der Waals surface area contributed by atoms with Crippen LogP contribution in [-0.4, -0.2) is 49.5 Å². The van der Waals surface area contributed by atoms with Gasteiger partial charge in [0.05, 0.1) is 12.7 Å². The van der Waals surface area contributed by atoms with Gasteiger partial charge < -0.3 is 15.2 Å². The number of nitrogens with one attached hydrogen (secondary N) is 1. The largest absolute Gasteiger partial charge is 0.389 e. The van der Waals surface area contributed by atoms with E-state index in [-0.39, 0.29) is 6.10 Å². The summed E-state index contributed by atoms with van der Waals surface area (Å²) in [6.07, 6.45) is 5.18. The first-order valence-corrected chi connectivity index (χ1v) is 8.01. The van der Waals surface area contributed by atoms with Gasteiger partial charge in [-0.3, -0.25) is 0 Å². The SMILES string of the molecule is CSCCCNCC(O)COCCCC(C)C. The highest BCUT2D eigenvalue weighted by Gasteiger charge is 2.03. The summed E-state index contributed by atoms with van der Waals surface area (Å²) in [4.78, 5) is 0. The van der Waals surface area contributed by atoms with Crippen LogP contribution < -0.4 is 5.32 Å². The quantitative estimate of drug-likeness (QED) is 0.529. The lowest BCUT2D eigenvalue weighted by atomic mass is 10.1. The van der Waals surface area contributed by atoms with E-state index in [1.54, 1.807) is 0 Å². The normalized spacial score (nSPS) is 13.2. The van der Waals surface area contributed by atoms with Gasteiger partial charge in [-0.1, -0.05) is 13.8 Å². The van der Waals surface area contributed by atoms with E-state index < -0.39 is 0 Å². The van der Waals surface area contributed by atoms with Crippen molar-refractivity contribution in [1.29, 1.82) is 0 Å². The van der Waals surface area contributed by atoms with E-state index in [1.807, 2.05) is 11.8 Å². The Hall–Kier alpha value is 0.230. The van der Waals surface area contributed by atoms with Gasteiger partial charge in [-0.25, -0.2) is 0 Å². The number of hydrogen-bond donors (Lipinski definition) is 2. The topological polar surface area (TPSA) is 41.5 Å². The number of rotatable bonds is 12. The second-order valence-electron chi connectivity index (χ2n) is 4.82. The molecule has 0 radical (unpaired) electrons. The Bertz CT molecular complexity index is 156. The van der Waals surface area contributed by atoms with E-state index in [0.717, 1.165) is 31.9 Å². The number of aliphatic hydroxyl groups is 1. The summed E-state index contributed by atoms with van der Waals surface area (Å²) < 4.78 is 5.43. The molecule has 0 saturated carbocycles. The predicted octanol–water partition coefficient (Wildman–Crippen LogP) is 2.14. The van der Waals surface area contributed by atoms with Crippen molar-refractivity contribution in [2.45, 2.75) is 39.2 Å². The van der Waals surface area contributed by atoms with E-state index >= 15 is 0 Å². The fourth-order valence-electron chi connectivity index (χ4n) is 1.48. The molecule has 4 heteroatoms. The average molecular weight is 263 g/mol. The maximum absolute atomic E-state index is 9.62. The smallest absolute Gasteiger partial charge is 0.0897 e. The first-order chi connectivity index (χ1) is 8.16. The highest BCUT2D eigenvalue weighted by Crippen LogP contribution is 2.03. The van der Waals surface area contributed by atoms with E-state index in [0.29, 0.717) is 13.2 Å². The lowest BCUT2D eigenvalue weighted by Crippen LogP contribution is -2.31. The van der Waals surface area contributed by atoms with Gasteiger partial charge in [0.2, 0.25) is 0 Å². The van der Waals surface area contributed by atoms with Crippen LogP contribution in [0.5, 0.6) is 0 Å². The molecule has 0 fully saturated rings. The minimum Gasteiger partial charge on any atom is -0.389 e. The molecule has 0 aromatic rings. The molecule has 0 aliphatic rings. The predicted molar refractivity (Wildman–Crippen MR) is 76.8 cm³/mol. The second kappa shape index (κ2) is 12.7. The Balaban J connectivity index is 3.14. The van der Waals surface area contributed by atoms with Crippen LogP contribution in [0.15, 0.2) is 0 Å². The number of ether oxygens (including phenoxy) is 1. The summed E-state index contributed by atoms with van der Waals surface area (Å²) in [6.45, 7) is 7.26. The summed E-state index contributed by atoms with van der Waals surface area (Å²) in [7, 11) is 0. The van der Waals surface area contributed by atoms with Gasteiger partial charge in [-0.15, -0.1) is 0 Å². The molecule has 0 amide bonds. The van der Waals surface area contributed by atoms with Gasteiger partial charge in [-0.05, 0) is 43.7 Å². The molecule has 0 rings (SSSR count). The first kappa shape index (κ1) is 17.2. The maximum Gasteiger partial charge on any atom is 0.0897 e. The molecule has 104 valence electrons. The Labute approximate surface area is 111 Å². The van der Waals surface area contributed by atoms with E-state index in [2.05, 4.69) is 25.4 Å². The molecular weight excluding hydrogens is 234 g/mol. The van der Waals surface area contributed by atoms with Crippen LogP contribution in [0.25, 0.3) is 0 Å². The molecule has 1 atom stereocenters. The lowest BCUT2D eigenvalue weighted by Gasteiger charge is -2.12. The molecule has 0 aliphatic carbocycles. The van der Waals surface area contributed by atoms with E-state index in [1.165, 1.54) is 12.2 Å². The molecule has 0 spiro atoms. The van der Waals surface area contributed by atoms with Crippen molar-refractivity contribution in [3.05, 3.63) is 0 Å². The molecule has 2 N–H and O–H groups in total. The highest BCUT2D eigenvalue weighted by atomic mass is 32.2. The third kappa shape index (κ3) is 14.2. The van der Waals surface area contributed by atoms with Crippen LogP contribution in [0, 0.1) is 5.92 Å². The minimum atomic E-state index is -0.372. The van der Waals surface area contributed by atoms with Gasteiger partial charge in [0.25, 0.3) is 0 Å². The number of hydrogen-bond acceptors (Lipinski definition) is 4. The summed E-state index contributed by atoms with van der Waals surface area (Å²) in [5, 5.41) is 12.9. The van der Waals surface area contributed by atoms with Crippen LogP contribution in [0.1, 0.15) is 33.1 Å². The third-order valence-corrected chi connectivity index (χ3v) is 3.16. The lowest BCUT2D eigenvalue weighted by molar-refractivity contribution is 0.0349. The van der Waals surface area contributed by atoms with Crippen molar-refractivity contribution in [2.24, 2.45) is 5.92 Å². The molecular formula is C13H29NO2S. The third-order valence-electron chi connectivity index (χ3n) is 2.46. The zero-order valence-corrected chi connectivity index (χ0v) is 12.4. The fourth-order valence-corrected chi connectivity index (χ4v) is 1.92. The average Bonchev–Trinajstić information content (AvgIpc) is 2.28. The number of aliphatic hydroxyl groups excluding tert-OH is 1. The van der Waals surface area contributed by atoms with E-state index in [4.69, 9.17) is 4.74 Å². The molecule has 0 aliphatic heterocycles. The Kier molecular flexibility index (Phi) is 12.9. The Morgan fingerprint density at radius 2 is 2.06 bits per heavy atom. The molecule has 0 heterocycles. The zero-order valence-electron chi connectivity index (χ0n) is 11.6. The molecule has 0 aromatic heterocycles. The highest BCUT2D eigenvalue weighted by molar-refractivity contribution is 7.98. The number of thioether (sulfide) groups is 1. The van der Waals surface area contributed by atoms with Gasteiger partial charge in [0, 0.05) is 13.2 Å². The molecule has 1 unspecified atom stereocenters. The summed E-state index contributed by atoms with van der Waals surface area (Å²) in [5.41, 5.74) is 0. The monoisotopic (exact) mass is 263 g/mol. The minimum absolute atomic E-state index is 0.372. The fraction of sp³-hybridized carbons (Fsp3) is 1.00. The van der Waals surface area contributed by atoms with Crippen LogP contribution in [0.4, 0.5) is 0 Å². The summed E-state index contributed by atoms with van der Waals surface area (Å²) in [5.74, 6) is 1.91. The van der Waals surface area contributed by atoms with Crippen molar-refractivity contribution in [2.75, 3.05) is 38.3 Å². The van der Waals surface area contributed by atoms with Crippen LogP contribution in [-0.2, 0) is 4.74 Å². The first-order valence-electron chi connectivity index (χ1n) is 6.62. The Morgan fingerprint density at radius 3 is 2.71 bits per heavy atom. The van der Waals surface area contributed by atoms with Crippen molar-refractivity contribution < 1.29 is 9.84 Å². The van der Waals surface area contributed by atoms with Crippen LogP contribution in [0.2, 0.25) is 0 Å². The summed E-state index contributed by atoms with van der Waals surface area (Å²) >= 11 is 1.85. The Morgan fingerprint density at radius 1 is 1.29 bits per heavy atom. The molecule has 0 aromatic carbocycles. The second-order valence-corrected chi connectivity index (χ2v) is 5.80. The standard InChI is InChI=1S/C13H29NO2S/c1-12(2)6-4-8-16-11-13(15)10-14-7-5-9-17-3/h12-15H,4-11H2,1-3H3. The van der Waals surface area contributed by atoms with Crippen molar-refractivity contribution in [1.82, 2.24) is 5.32 Å². The van der Waals surface area contributed by atoms with Crippen LogP contribution >= 0.6 is 11.8 Å². The van der Waals surface area contributed by atoms with Gasteiger partial charge in [-0.2, -0.15) is 11.8 Å². The van der Waals surface area contributed by atoms with Gasteiger partial charge in [0.1, 0.15) is 0 Å². The molecule has 3 nitrogen and oxygen atoms in total.